The molecule has 6 aliphatic rings. The summed E-state index contributed by atoms with van der Waals surface area (Å²) in [6.07, 6.45) is 0. The van der Waals surface area contributed by atoms with Crippen LogP contribution >= 0.6 is 0 Å². The van der Waals surface area contributed by atoms with Crippen molar-refractivity contribution in [3.63, 3.8) is 0 Å². The molecule has 0 aliphatic heterocycles. The molecule has 21 aromatic carbocycles. The molecule has 4 heteroatoms. The number of furan rings is 1. The quantitative estimate of drug-likeness (QED) is 0.102. The molecular weight excluding hydrogens is 1810 g/mol. The highest BCUT2D eigenvalue weighted by Crippen LogP contribution is 2.60. The van der Waals surface area contributed by atoms with Crippen molar-refractivity contribution in [3.8, 4) is 134 Å². The number of fused-ring (bicyclic) bond motifs is 19. The smallest absolute Gasteiger partial charge is 0.135 e. The number of nitrogens with zero attached hydrogens (tertiary/aromatic N) is 3. The van der Waals surface area contributed by atoms with Gasteiger partial charge in [0.1, 0.15) is 11.3 Å². The van der Waals surface area contributed by atoms with Crippen LogP contribution in [-0.4, -0.2) is 0 Å². The van der Waals surface area contributed by atoms with Crippen LogP contribution in [0.3, 0.4) is 0 Å². The van der Waals surface area contributed by atoms with Crippen molar-refractivity contribution in [2.45, 2.75) is 116 Å². The zero-order valence-corrected chi connectivity index (χ0v) is 87.0. The molecule has 0 fully saturated rings. The largest absolute Gasteiger partial charge is 0.456 e. The van der Waals surface area contributed by atoms with Crippen molar-refractivity contribution in [1.29, 1.82) is 0 Å². The Bertz CT molecular complexity index is 9050. The van der Waals surface area contributed by atoms with E-state index in [1.807, 2.05) is 12.1 Å². The summed E-state index contributed by atoms with van der Waals surface area (Å²) in [6, 6.07) is 181. The summed E-state index contributed by atoms with van der Waals surface area (Å²) in [6.45, 7) is 28.2. The third kappa shape index (κ3) is 15.2. The second-order valence-electron chi connectivity index (χ2n) is 44.6. The standard InChI is InChI=1S/C50H39NO.2C48H39N/c1-49(2)44-18-9-7-16-40(44)42-29-33(22-27-45(42)49)32-20-23-36(24-21-32)51(37-14-11-13-34(28-37)48-30-35-12-5-10-19-47(35)52-48)38-25-26-41-39-15-6-8-17-43(39)50(3,4)46(41)31-38;1-47(2)43-19-10-8-15-39(43)41-30-29-37(31-45(41)47)49(35-25-21-33(22-26-35)32-13-6-5-7-14-32)36-27-23-34(24-28-36)38-17-12-18-42-40-16-9-11-20-44(40)48(3,4)46(38)42;1-47(2)43-19-11-9-16-41(43)46-38(17-12-20-44(46)47)34-23-27-36(28-24-34)49(35-25-21-33(22-26-35)32-13-6-5-7-14-32)37-29-30-40-39-15-8-10-18-42(39)48(3,4)45(40)31-37/h5-31H,1-4H3;2*5-31H,1-4H3. The summed E-state index contributed by atoms with van der Waals surface area (Å²) in [4.78, 5) is 7.20. The maximum atomic E-state index is 6.34. The molecule has 1 heterocycles. The maximum Gasteiger partial charge on any atom is 0.135 e. The molecule has 1 aromatic heterocycles. The predicted octanol–water partition coefficient (Wildman–Crippen LogP) is 40.1. The zero-order valence-electron chi connectivity index (χ0n) is 87.0. The third-order valence-electron chi connectivity index (χ3n) is 33.9. The Kier molecular flexibility index (Phi) is 22.0. The van der Waals surface area contributed by atoms with E-state index < -0.39 is 0 Å². The van der Waals surface area contributed by atoms with Crippen LogP contribution in [0.2, 0.25) is 0 Å². The van der Waals surface area contributed by atoms with Crippen LogP contribution in [0.15, 0.2) is 496 Å². The number of para-hydroxylation sites is 1. The van der Waals surface area contributed by atoms with E-state index in [-0.39, 0.29) is 32.5 Å². The Hall–Kier alpha value is -17.4. The molecule has 0 amide bonds. The van der Waals surface area contributed by atoms with E-state index in [9.17, 15) is 0 Å². The van der Waals surface area contributed by atoms with Crippen LogP contribution in [0.25, 0.3) is 145 Å². The minimum Gasteiger partial charge on any atom is -0.456 e. The highest BCUT2D eigenvalue weighted by Gasteiger charge is 2.44. The van der Waals surface area contributed by atoms with Gasteiger partial charge in [-0.15, -0.1) is 0 Å². The Labute approximate surface area is 882 Å². The van der Waals surface area contributed by atoms with Crippen LogP contribution in [0, 0.1) is 0 Å². The van der Waals surface area contributed by atoms with Gasteiger partial charge < -0.3 is 19.1 Å². The monoisotopic (exact) mass is 1930 g/mol. The molecule has 0 unspecified atom stereocenters. The van der Waals surface area contributed by atoms with Gasteiger partial charge in [0.05, 0.1) is 0 Å². The van der Waals surface area contributed by atoms with Crippen molar-refractivity contribution in [2.75, 3.05) is 14.7 Å². The lowest BCUT2D eigenvalue weighted by Gasteiger charge is -2.29. The van der Waals surface area contributed by atoms with Crippen LogP contribution < -0.4 is 14.7 Å². The Balaban J connectivity index is 0.000000114. The van der Waals surface area contributed by atoms with Gasteiger partial charge in [0.25, 0.3) is 0 Å². The number of anilines is 9. The van der Waals surface area contributed by atoms with E-state index in [0.29, 0.717) is 0 Å². The molecule has 0 atom stereocenters. The normalized spacial score (nSPS) is 14.5. The van der Waals surface area contributed by atoms with Crippen LogP contribution in [0.5, 0.6) is 0 Å². The second kappa shape index (κ2) is 35.7. The van der Waals surface area contributed by atoms with E-state index in [0.717, 1.165) is 73.5 Å². The minimum atomic E-state index is -0.103. The minimum absolute atomic E-state index is 0.00246. The average molecular weight is 1930 g/mol. The van der Waals surface area contributed by atoms with E-state index in [2.05, 4.69) is 577 Å². The summed E-state index contributed by atoms with van der Waals surface area (Å²) in [5.74, 6) is 0.866. The molecule has 0 radical (unpaired) electrons. The van der Waals surface area contributed by atoms with E-state index in [1.165, 1.54) is 189 Å². The van der Waals surface area contributed by atoms with E-state index in [4.69, 9.17) is 4.42 Å². The summed E-state index contributed by atoms with van der Waals surface area (Å²) in [7, 11) is 0. The zero-order chi connectivity index (χ0) is 102. The Morgan fingerprint density at radius 2 is 0.420 bits per heavy atom. The Morgan fingerprint density at radius 1 is 0.147 bits per heavy atom. The summed E-state index contributed by atoms with van der Waals surface area (Å²) in [5.41, 5.74) is 57.0. The van der Waals surface area contributed by atoms with Crippen molar-refractivity contribution in [3.05, 3.63) is 558 Å². The lowest BCUT2D eigenvalue weighted by molar-refractivity contribution is 0.631. The van der Waals surface area contributed by atoms with Gasteiger partial charge in [0, 0.05) is 94.6 Å². The maximum absolute atomic E-state index is 6.34. The lowest BCUT2D eigenvalue weighted by Crippen LogP contribution is -2.16. The second-order valence-corrected chi connectivity index (χ2v) is 44.6. The summed E-state index contributed by atoms with van der Waals surface area (Å²) >= 11 is 0. The fourth-order valence-electron chi connectivity index (χ4n) is 26.0. The number of hydrogen-bond donors (Lipinski definition) is 0. The topological polar surface area (TPSA) is 22.9 Å². The van der Waals surface area contributed by atoms with Gasteiger partial charge in [-0.1, -0.05) is 447 Å². The molecule has 722 valence electrons. The van der Waals surface area contributed by atoms with Gasteiger partial charge in [0.2, 0.25) is 0 Å². The molecule has 150 heavy (non-hydrogen) atoms. The van der Waals surface area contributed by atoms with Gasteiger partial charge in [0.15, 0.2) is 0 Å². The van der Waals surface area contributed by atoms with Crippen molar-refractivity contribution < 1.29 is 4.42 Å². The molecule has 6 aliphatic carbocycles. The fraction of sp³-hybridized carbons (Fsp3) is 0.123. The number of hydrogen-bond acceptors (Lipinski definition) is 4. The first kappa shape index (κ1) is 92.4. The molecule has 4 nitrogen and oxygen atoms in total. The molecule has 0 bridgehead atoms. The highest BCUT2D eigenvalue weighted by atomic mass is 16.3. The molecule has 0 spiro atoms. The Morgan fingerprint density at radius 3 is 0.873 bits per heavy atom. The molecule has 22 aromatic rings. The summed E-state index contributed by atoms with van der Waals surface area (Å²) in [5, 5.41) is 1.11. The summed E-state index contributed by atoms with van der Waals surface area (Å²) < 4.78 is 6.34. The van der Waals surface area contributed by atoms with Crippen LogP contribution in [-0.2, 0) is 32.5 Å². The molecular formula is C146H117N3O. The van der Waals surface area contributed by atoms with Crippen LogP contribution in [0.4, 0.5) is 51.2 Å². The molecule has 0 saturated heterocycles. The third-order valence-corrected chi connectivity index (χ3v) is 33.9. The predicted molar refractivity (Wildman–Crippen MR) is 631 cm³/mol. The molecule has 0 N–H and O–H groups in total. The van der Waals surface area contributed by atoms with Gasteiger partial charge in [-0.25, -0.2) is 0 Å². The van der Waals surface area contributed by atoms with Crippen molar-refractivity contribution in [2.24, 2.45) is 0 Å². The molecule has 28 rings (SSSR count). The SMILES string of the molecule is CC1(C)c2ccccc2-c2cc(-c3ccc(N(c4cccc(-c5cc6ccccc6o5)c4)c4ccc5c(c4)C(C)(C)c4ccccc4-5)cc3)ccc21.CC1(C)c2ccccc2-c2ccc(N(c3ccc(-c4ccccc4)cc3)c3ccc(-c4cccc5c4-c4ccccc4C5(C)C)cc3)cc21.CC1(C)c2ccccc2-c2ccc(N(c3ccc(-c4ccccc4)cc3)c3ccc(-c4cccc5c4C(C)(C)c4ccccc4-5)cc3)cc21. The first-order valence-corrected chi connectivity index (χ1v) is 53.0. The highest BCUT2D eigenvalue weighted by molar-refractivity contribution is 5.98. The first-order valence-electron chi connectivity index (χ1n) is 53.0. The van der Waals surface area contributed by atoms with Gasteiger partial charge in [-0.3, -0.25) is 0 Å². The van der Waals surface area contributed by atoms with Crippen LogP contribution in [0.1, 0.15) is 150 Å². The van der Waals surface area contributed by atoms with E-state index in [1.54, 1.807) is 0 Å². The van der Waals surface area contributed by atoms with Crippen molar-refractivity contribution in [1.82, 2.24) is 0 Å². The lowest BCUT2D eigenvalue weighted by atomic mass is 9.79. The fourth-order valence-corrected chi connectivity index (χ4v) is 26.0. The van der Waals surface area contributed by atoms with E-state index >= 15 is 0 Å². The average Bonchev–Trinajstić information content (AvgIpc) is 1.60. The number of rotatable bonds is 15. The first-order chi connectivity index (χ1) is 72.9. The van der Waals surface area contributed by atoms with Crippen molar-refractivity contribution >= 4 is 62.2 Å². The molecule has 0 saturated carbocycles. The van der Waals surface area contributed by atoms with Gasteiger partial charge >= 0.3 is 0 Å². The van der Waals surface area contributed by atoms with Gasteiger partial charge in [-0.2, -0.15) is 0 Å². The van der Waals surface area contributed by atoms with Gasteiger partial charge in [-0.05, 0) is 317 Å². The number of benzene rings is 21.